The molecule has 7 heteroatoms. The number of rotatable bonds is 8. The normalized spacial score (nSPS) is 20.2. The zero-order valence-corrected chi connectivity index (χ0v) is 19.3. The summed E-state index contributed by atoms with van der Waals surface area (Å²) in [5.41, 5.74) is 1.94. The van der Waals surface area contributed by atoms with Crippen molar-refractivity contribution in [1.29, 1.82) is 0 Å². The van der Waals surface area contributed by atoms with Gasteiger partial charge >= 0.3 is 0 Å². The molecule has 0 aliphatic carbocycles. The predicted molar refractivity (Wildman–Crippen MR) is 118 cm³/mol. The van der Waals surface area contributed by atoms with Crippen LogP contribution in [-0.2, 0) is 16.1 Å². The molecule has 2 aliphatic heterocycles. The van der Waals surface area contributed by atoms with E-state index in [2.05, 4.69) is 14.9 Å². The van der Waals surface area contributed by atoms with E-state index < -0.39 is 0 Å². The predicted octanol–water partition coefficient (Wildman–Crippen LogP) is 2.46. The molecule has 0 saturated carbocycles. The minimum atomic E-state index is -0.0161. The molecule has 1 unspecified atom stereocenters. The Morgan fingerprint density at radius 2 is 1.90 bits per heavy atom. The van der Waals surface area contributed by atoms with E-state index in [4.69, 9.17) is 0 Å². The van der Waals surface area contributed by atoms with Gasteiger partial charge in [-0.2, -0.15) is 5.10 Å². The lowest BCUT2D eigenvalue weighted by molar-refractivity contribution is -0.142. The zero-order chi connectivity index (χ0) is 21.7. The van der Waals surface area contributed by atoms with Gasteiger partial charge in [-0.05, 0) is 71.7 Å². The van der Waals surface area contributed by atoms with E-state index in [1.54, 1.807) is 4.68 Å². The molecule has 1 aromatic heterocycles. The number of likely N-dealkylation sites (tertiary alicyclic amines) is 2. The Morgan fingerprint density at radius 3 is 2.53 bits per heavy atom. The number of hydrogen-bond donors (Lipinski definition) is 0. The van der Waals surface area contributed by atoms with E-state index in [0.29, 0.717) is 6.54 Å². The number of piperidine rings is 1. The highest BCUT2D eigenvalue weighted by Crippen LogP contribution is 2.20. The van der Waals surface area contributed by atoms with Crippen molar-refractivity contribution in [2.45, 2.75) is 72.4 Å². The molecule has 2 aliphatic rings. The number of aryl methyl sites for hydroxylation is 2. The molecular formula is C23H39N5O2. The molecule has 30 heavy (non-hydrogen) atoms. The van der Waals surface area contributed by atoms with Crippen LogP contribution in [0.15, 0.2) is 6.07 Å². The van der Waals surface area contributed by atoms with Gasteiger partial charge < -0.3 is 14.7 Å². The lowest BCUT2D eigenvalue weighted by Crippen LogP contribution is -2.53. The van der Waals surface area contributed by atoms with Crippen LogP contribution in [0, 0.1) is 19.8 Å². The first kappa shape index (κ1) is 22.8. The van der Waals surface area contributed by atoms with Crippen LogP contribution >= 0.6 is 0 Å². The molecule has 0 bridgehead atoms. The highest BCUT2D eigenvalue weighted by molar-refractivity contribution is 5.79. The minimum Gasteiger partial charge on any atom is -0.339 e. The Labute approximate surface area is 181 Å². The summed E-state index contributed by atoms with van der Waals surface area (Å²) in [6.07, 6.45) is 5.52. The standard InChI is InChI=1S/C23H39N5O2/c1-18(2)23(30)27(14-8-12-25-10-5-6-11-25)21-9-7-13-26(16-21)22(29)17-28-20(4)15-19(3)24-28/h15,18,21H,5-14,16-17H2,1-4H3. The van der Waals surface area contributed by atoms with Crippen molar-refractivity contribution in [2.75, 3.05) is 39.3 Å². The molecule has 2 saturated heterocycles. The highest BCUT2D eigenvalue weighted by atomic mass is 16.2. The summed E-state index contributed by atoms with van der Waals surface area (Å²) in [4.78, 5) is 32.4. The smallest absolute Gasteiger partial charge is 0.244 e. The van der Waals surface area contributed by atoms with Gasteiger partial charge in [0.1, 0.15) is 6.54 Å². The first-order chi connectivity index (χ1) is 14.3. The van der Waals surface area contributed by atoms with Crippen molar-refractivity contribution in [1.82, 2.24) is 24.5 Å². The lowest BCUT2D eigenvalue weighted by Gasteiger charge is -2.40. The van der Waals surface area contributed by atoms with E-state index in [9.17, 15) is 9.59 Å². The average molecular weight is 418 g/mol. The molecule has 168 valence electrons. The summed E-state index contributed by atoms with van der Waals surface area (Å²) >= 11 is 0. The highest BCUT2D eigenvalue weighted by Gasteiger charge is 2.31. The van der Waals surface area contributed by atoms with Crippen molar-refractivity contribution < 1.29 is 9.59 Å². The lowest BCUT2D eigenvalue weighted by atomic mass is 10.0. The number of carbonyl (C=O) groups excluding carboxylic acids is 2. The molecule has 2 fully saturated rings. The summed E-state index contributed by atoms with van der Waals surface area (Å²) in [5.74, 6) is 0.298. The summed E-state index contributed by atoms with van der Waals surface area (Å²) in [6, 6.07) is 2.12. The third kappa shape index (κ3) is 5.84. The molecule has 0 spiro atoms. The number of carbonyl (C=O) groups is 2. The van der Waals surface area contributed by atoms with Gasteiger partial charge in [0.15, 0.2) is 0 Å². The first-order valence-corrected chi connectivity index (χ1v) is 11.7. The van der Waals surface area contributed by atoms with E-state index >= 15 is 0 Å². The van der Waals surface area contributed by atoms with Crippen molar-refractivity contribution in [3.05, 3.63) is 17.5 Å². The third-order valence-corrected chi connectivity index (χ3v) is 6.43. The van der Waals surface area contributed by atoms with E-state index in [1.165, 1.54) is 25.9 Å². The van der Waals surface area contributed by atoms with E-state index in [1.807, 2.05) is 38.7 Å². The monoisotopic (exact) mass is 417 g/mol. The Balaban J connectivity index is 1.60. The van der Waals surface area contributed by atoms with Crippen LogP contribution in [0.5, 0.6) is 0 Å². The van der Waals surface area contributed by atoms with Crippen LogP contribution in [0.3, 0.4) is 0 Å². The second-order valence-corrected chi connectivity index (χ2v) is 9.31. The molecule has 3 heterocycles. The molecular weight excluding hydrogens is 378 g/mol. The van der Waals surface area contributed by atoms with Crippen LogP contribution < -0.4 is 0 Å². The fraction of sp³-hybridized carbons (Fsp3) is 0.783. The maximum atomic E-state index is 13.0. The average Bonchev–Trinajstić information content (AvgIpc) is 3.34. The zero-order valence-electron chi connectivity index (χ0n) is 19.3. The van der Waals surface area contributed by atoms with Gasteiger partial charge in [0.25, 0.3) is 0 Å². The Morgan fingerprint density at radius 1 is 1.17 bits per heavy atom. The van der Waals surface area contributed by atoms with Crippen molar-refractivity contribution in [2.24, 2.45) is 5.92 Å². The molecule has 0 aromatic carbocycles. The topological polar surface area (TPSA) is 61.7 Å². The van der Waals surface area contributed by atoms with Crippen molar-refractivity contribution in [3.63, 3.8) is 0 Å². The maximum Gasteiger partial charge on any atom is 0.244 e. The van der Waals surface area contributed by atoms with Crippen LogP contribution in [0.25, 0.3) is 0 Å². The van der Waals surface area contributed by atoms with Gasteiger partial charge in [0, 0.05) is 37.3 Å². The van der Waals surface area contributed by atoms with Gasteiger partial charge in [-0.3, -0.25) is 14.3 Å². The summed E-state index contributed by atoms with van der Waals surface area (Å²) in [5, 5.41) is 4.43. The van der Waals surface area contributed by atoms with E-state index in [-0.39, 0.29) is 30.3 Å². The first-order valence-electron chi connectivity index (χ1n) is 11.7. The largest absolute Gasteiger partial charge is 0.339 e. The quantitative estimate of drug-likeness (QED) is 0.652. The number of amides is 2. The van der Waals surface area contributed by atoms with Crippen LogP contribution in [0.1, 0.15) is 57.3 Å². The third-order valence-electron chi connectivity index (χ3n) is 6.43. The SMILES string of the molecule is Cc1cc(C)n(CC(=O)N2CCCC(N(CCCN3CCCC3)C(=O)C(C)C)C2)n1. The summed E-state index contributed by atoms with van der Waals surface area (Å²) in [7, 11) is 0. The summed E-state index contributed by atoms with van der Waals surface area (Å²) < 4.78 is 1.79. The van der Waals surface area contributed by atoms with Crippen molar-refractivity contribution >= 4 is 11.8 Å². The Bertz CT molecular complexity index is 723. The number of nitrogens with zero attached hydrogens (tertiary/aromatic N) is 5. The molecule has 0 N–H and O–H groups in total. The summed E-state index contributed by atoms with van der Waals surface area (Å²) in [6.45, 7) is 13.8. The van der Waals surface area contributed by atoms with Crippen LogP contribution in [0.2, 0.25) is 0 Å². The van der Waals surface area contributed by atoms with Gasteiger partial charge in [-0.15, -0.1) is 0 Å². The van der Waals surface area contributed by atoms with Crippen molar-refractivity contribution in [3.8, 4) is 0 Å². The molecule has 3 rings (SSSR count). The molecule has 1 aromatic rings. The number of aromatic nitrogens is 2. The maximum absolute atomic E-state index is 13.0. The fourth-order valence-electron chi connectivity index (χ4n) is 4.77. The van der Waals surface area contributed by atoms with Gasteiger partial charge in [-0.25, -0.2) is 0 Å². The van der Waals surface area contributed by atoms with Gasteiger partial charge in [0.2, 0.25) is 11.8 Å². The second-order valence-electron chi connectivity index (χ2n) is 9.31. The second kappa shape index (κ2) is 10.4. The van der Waals surface area contributed by atoms with E-state index in [0.717, 1.165) is 50.3 Å². The Hall–Kier alpha value is -1.89. The minimum absolute atomic E-state index is 0.0161. The molecule has 1 atom stereocenters. The molecule has 7 nitrogen and oxygen atoms in total. The molecule has 2 amide bonds. The fourth-order valence-corrected chi connectivity index (χ4v) is 4.77. The van der Waals surface area contributed by atoms with Gasteiger partial charge in [-0.1, -0.05) is 13.8 Å². The Kier molecular flexibility index (Phi) is 7.92. The number of hydrogen-bond acceptors (Lipinski definition) is 4. The molecule has 0 radical (unpaired) electrons. The van der Waals surface area contributed by atoms with Crippen LogP contribution in [-0.4, -0.2) is 81.6 Å². The van der Waals surface area contributed by atoms with Gasteiger partial charge in [0.05, 0.1) is 5.69 Å². The van der Waals surface area contributed by atoms with Crippen LogP contribution in [0.4, 0.5) is 0 Å².